The van der Waals surface area contributed by atoms with Crippen LogP contribution in [0.15, 0.2) is 39.5 Å². The number of amides is 2. The maximum absolute atomic E-state index is 12.9. The van der Waals surface area contributed by atoms with E-state index in [0.29, 0.717) is 32.6 Å². The number of fused-ring (bicyclic) bond motifs is 2. The standard InChI is InChI=1S/C21H17NO6/c1-11-6-7-15-19(26)14-5-3-4-13(21(14)27-20(15)12(11)2)10-18(25)28-22-16(23)8-9-17(22)24/h3-7H,8-10H2,1-2H3. The summed E-state index contributed by atoms with van der Waals surface area (Å²) in [5.41, 5.74) is 2.87. The van der Waals surface area contributed by atoms with Gasteiger partial charge in [-0.15, -0.1) is 5.06 Å². The zero-order chi connectivity index (χ0) is 20.0. The first kappa shape index (κ1) is 17.9. The molecule has 2 heterocycles. The van der Waals surface area contributed by atoms with Crippen molar-refractivity contribution in [1.82, 2.24) is 5.06 Å². The molecule has 0 saturated carbocycles. The number of nitrogens with zero attached hydrogens (tertiary/aromatic N) is 1. The van der Waals surface area contributed by atoms with E-state index in [4.69, 9.17) is 9.25 Å². The number of benzene rings is 2. The molecule has 0 unspecified atom stereocenters. The van der Waals surface area contributed by atoms with Crippen LogP contribution in [0.2, 0.25) is 0 Å². The summed E-state index contributed by atoms with van der Waals surface area (Å²) in [6.07, 6.45) is -0.187. The molecule has 1 saturated heterocycles. The Morgan fingerprint density at radius 1 is 1.00 bits per heavy atom. The summed E-state index contributed by atoms with van der Waals surface area (Å²) in [5.74, 6) is -1.86. The maximum atomic E-state index is 12.9. The number of hydrogen-bond donors (Lipinski definition) is 0. The van der Waals surface area contributed by atoms with Gasteiger partial charge in [-0.25, -0.2) is 4.79 Å². The van der Waals surface area contributed by atoms with Crippen molar-refractivity contribution in [3.63, 3.8) is 0 Å². The third-order valence-corrected chi connectivity index (χ3v) is 5.00. The molecule has 1 aromatic heterocycles. The highest BCUT2D eigenvalue weighted by Crippen LogP contribution is 2.26. The minimum absolute atomic E-state index is 0.0277. The maximum Gasteiger partial charge on any atom is 0.337 e. The third kappa shape index (κ3) is 2.85. The fraction of sp³-hybridized carbons (Fsp3) is 0.238. The Morgan fingerprint density at radius 2 is 1.68 bits per heavy atom. The van der Waals surface area contributed by atoms with Crippen LogP contribution < -0.4 is 5.43 Å². The molecule has 28 heavy (non-hydrogen) atoms. The topological polar surface area (TPSA) is 93.9 Å². The van der Waals surface area contributed by atoms with E-state index in [2.05, 4.69) is 0 Å². The van der Waals surface area contributed by atoms with Gasteiger partial charge in [-0.05, 0) is 37.1 Å². The molecule has 0 radical (unpaired) electrons. The Balaban J connectivity index is 1.76. The van der Waals surface area contributed by atoms with E-state index >= 15 is 0 Å². The van der Waals surface area contributed by atoms with Crippen LogP contribution in [0.4, 0.5) is 0 Å². The van der Waals surface area contributed by atoms with Gasteiger partial charge < -0.3 is 9.25 Å². The van der Waals surface area contributed by atoms with Gasteiger partial charge in [-0.3, -0.25) is 14.4 Å². The summed E-state index contributed by atoms with van der Waals surface area (Å²) in [6, 6.07) is 8.54. The van der Waals surface area contributed by atoms with Gasteiger partial charge in [0.2, 0.25) is 5.43 Å². The van der Waals surface area contributed by atoms with Crippen LogP contribution in [0.25, 0.3) is 21.9 Å². The number of carbonyl (C=O) groups excluding carboxylic acids is 3. The molecule has 0 bridgehead atoms. The Morgan fingerprint density at radius 3 is 2.39 bits per heavy atom. The SMILES string of the molecule is Cc1ccc2c(=O)c3cccc(CC(=O)ON4C(=O)CCC4=O)c3oc2c1C. The highest BCUT2D eigenvalue weighted by atomic mass is 16.7. The van der Waals surface area contributed by atoms with Crippen molar-refractivity contribution in [3.8, 4) is 0 Å². The molecule has 0 spiro atoms. The molecule has 7 heteroatoms. The van der Waals surface area contributed by atoms with Gasteiger partial charge in [0.25, 0.3) is 11.8 Å². The highest BCUT2D eigenvalue weighted by Gasteiger charge is 2.33. The second-order valence-corrected chi connectivity index (χ2v) is 6.83. The minimum atomic E-state index is -0.778. The lowest BCUT2D eigenvalue weighted by molar-refractivity contribution is -0.197. The smallest absolute Gasteiger partial charge is 0.337 e. The van der Waals surface area contributed by atoms with E-state index < -0.39 is 17.8 Å². The van der Waals surface area contributed by atoms with Gasteiger partial charge in [0.15, 0.2) is 0 Å². The molecule has 0 aliphatic carbocycles. The Labute approximate surface area is 159 Å². The van der Waals surface area contributed by atoms with Crippen molar-refractivity contribution >= 4 is 39.7 Å². The molecule has 0 atom stereocenters. The van der Waals surface area contributed by atoms with E-state index in [9.17, 15) is 19.2 Å². The Bertz CT molecular complexity index is 1210. The van der Waals surface area contributed by atoms with Crippen LogP contribution in [0.5, 0.6) is 0 Å². The molecule has 142 valence electrons. The minimum Gasteiger partial charge on any atom is -0.455 e. The normalized spacial score (nSPS) is 14.3. The van der Waals surface area contributed by atoms with Crippen LogP contribution in [0.1, 0.15) is 29.5 Å². The Kier molecular flexibility index (Phi) is 4.22. The molecular weight excluding hydrogens is 362 g/mol. The second-order valence-electron chi connectivity index (χ2n) is 6.83. The zero-order valence-electron chi connectivity index (χ0n) is 15.4. The van der Waals surface area contributed by atoms with Crippen molar-refractivity contribution < 1.29 is 23.6 Å². The van der Waals surface area contributed by atoms with E-state index in [-0.39, 0.29) is 24.7 Å². The number of hydroxylamine groups is 2. The van der Waals surface area contributed by atoms with Crippen LogP contribution in [-0.2, 0) is 25.6 Å². The van der Waals surface area contributed by atoms with Crippen molar-refractivity contribution in [2.24, 2.45) is 0 Å². The average molecular weight is 379 g/mol. The number of hydrogen-bond acceptors (Lipinski definition) is 6. The predicted octanol–water partition coefficient (Wildman–Crippen LogP) is 2.71. The van der Waals surface area contributed by atoms with E-state index in [1.807, 2.05) is 19.9 Å². The summed E-state index contributed by atoms with van der Waals surface area (Å²) >= 11 is 0. The summed E-state index contributed by atoms with van der Waals surface area (Å²) in [6.45, 7) is 3.79. The van der Waals surface area contributed by atoms with Crippen LogP contribution in [0, 0.1) is 13.8 Å². The fourth-order valence-corrected chi connectivity index (χ4v) is 3.32. The van der Waals surface area contributed by atoms with E-state index in [1.54, 1.807) is 24.3 Å². The van der Waals surface area contributed by atoms with Crippen LogP contribution in [-0.4, -0.2) is 22.8 Å². The summed E-state index contributed by atoms with van der Waals surface area (Å²) in [5, 5.41) is 1.34. The van der Waals surface area contributed by atoms with Crippen molar-refractivity contribution in [1.29, 1.82) is 0 Å². The van der Waals surface area contributed by atoms with E-state index in [1.165, 1.54) is 0 Å². The highest BCUT2D eigenvalue weighted by molar-refractivity contribution is 6.02. The van der Waals surface area contributed by atoms with Crippen LogP contribution in [0.3, 0.4) is 0 Å². The molecule has 1 aliphatic heterocycles. The number of para-hydroxylation sites is 1. The van der Waals surface area contributed by atoms with Gasteiger partial charge in [-0.1, -0.05) is 18.2 Å². The van der Waals surface area contributed by atoms with Crippen LogP contribution >= 0.6 is 0 Å². The lowest BCUT2D eigenvalue weighted by atomic mass is 10.0. The summed E-state index contributed by atoms with van der Waals surface area (Å²) in [7, 11) is 0. The molecule has 7 nitrogen and oxygen atoms in total. The molecule has 3 aromatic rings. The average Bonchev–Trinajstić information content (AvgIpc) is 2.98. The van der Waals surface area contributed by atoms with Gasteiger partial charge in [0.1, 0.15) is 11.2 Å². The molecular formula is C21H17NO6. The quantitative estimate of drug-likeness (QED) is 0.513. The monoisotopic (exact) mass is 379 g/mol. The van der Waals surface area contributed by atoms with Gasteiger partial charge in [0.05, 0.1) is 17.2 Å². The molecule has 4 rings (SSSR count). The molecule has 1 fully saturated rings. The Hall–Kier alpha value is -3.48. The lowest BCUT2D eigenvalue weighted by Gasteiger charge is -2.13. The molecule has 2 aromatic carbocycles. The first-order chi connectivity index (χ1) is 13.4. The van der Waals surface area contributed by atoms with Crippen molar-refractivity contribution in [2.45, 2.75) is 33.1 Å². The number of imide groups is 1. The molecule has 2 amide bonds. The second kappa shape index (κ2) is 6.60. The largest absolute Gasteiger partial charge is 0.455 e. The summed E-state index contributed by atoms with van der Waals surface area (Å²) in [4.78, 5) is 53.3. The lowest BCUT2D eigenvalue weighted by Crippen LogP contribution is -2.32. The number of rotatable bonds is 3. The van der Waals surface area contributed by atoms with Gasteiger partial charge in [0, 0.05) is 18.4 Å². The molecule has 0 N–H and O–H groups in total. The van der Waals surface area contributed by atoms with Crippen molar-refractivity contribution in [2.75, 3.05) is 0 Å². The van der Waals surface area contributed by atoms with Gasteiger partial charge in [-0.2, -0.15) is 0 Å². The molecule has 1 aliphatic rings. The summed E-state index contributed by atoms with van der Waals surface area (Å²) < 4.78 is 6.03. The third-order valence-electron chi connectivity index (χ3n) is 5.00. The first-order valence-corrected chi connectivity index (χ1v) is 8.88. The first-order valence-electron chi connectivity index (χ1n) is 8.88. The zero-order valence-corrected chi connectivity index (χ0v) is 15.4. The number of carbonyl (C=O) groups is 3. The predicted molar refractivity (Wildman–Crippen MR) is 100 cm³/mol. The van der Waals surface area contributed by atoms with Gasteiger partial charge >= 0.3 is 5.97 Å². The fourth-order valence-electron chi connectivity index (χ4n) is 3.32. The number of aryl methyl sites for hydroxylation is 2. The van der Waals surface area contributed by atoms with Crippen molar-refractivity contribution in [3.05, 3.63) is 57.2 Å². The van der Waals surface area contributed by atoms with E-state index in [0.717, 1.165) is 11.1 Å².